The third-order valence-corrected chi connectivity index (χ3v) is 3.13. The Labute approximate surface area is 117 Å². The molecule has 1 aromatic rings. The third-order valence-electron chi connectivity index (χ3n) is 2.55. The highest BCUT2D eigenvalue weighted by Crippen LogP contribution is 2.36. The number of allylic oxidation sites excluding steroid dienone is 1. The number of hydrogen-bond acceptors (Lipinski definition) is 3. The fourth-order valence-corrected chi connectivity index (χ4v) is 2.31. The Kier molecular flexibility index (Phi) is 6.83. The Hall–Kier alpha value is -1.00. The van der Waals surface area contributed by atoms with Gasteiger partial charge < -0.3 is 14.8 Å². The van der Waals surface area contributed by atoms with Crippen molar-refractivity contribution in [3.63, 3.8) is 0 Å². The molecular weight excluding hydrogens is 294 g/mol. The van der Waals surface area contributed by atoms with E-state index in [2.05, 4.69) is 33.4 Å². The van der Waals surface area contributed by atoms with Gasteiger partial charge in [-0.1, -0.05) is 12.2 Å². The lowest BCUT2D eigenvalue weighted by Crippen LogP contribution is -2.14. The smallest absolute Gasteiger partial charge is 0.174 e. The van der Waals surface area contributed by atoms with E-state index < -0.39 is 0 Å². The number of nitrogens with one attached hydrogen (secondary N) is 1. The van der Waals surface area contributed by atoms with Gasteiger partial charge in [0, 0.05) is 6.54 Å². The van der Waals surface area contributed by atoms with Gasteiger partial charge >= 0.3 is 0 Å². The van der Waals surface area contributed by atoms with E-state index in [1.165, 1.54) is 5.56 Å². The zero-order chi connectivity index (χ0) is 13.4. The molecule has 0 unspecified atom stereocenters. The van der Waals surface area contributed by atoms with Crippen LogP contribution in [0, 0.1) is 0 Å². The molecule has 0 spiro atoms. The maximum absolute atomic E-state index is 5.31. The third kappa shape index (κ3) is 4.35. The van der Waals surface area contributed by atoms with Crippen molar-refractivity contribution >= 4 is 15.9 Å². The van der Waals surface area contributed by atoms with Crippen LogP contribution in [-0.2, 0) is 6.54 Å². The van der Waals surface area contributed by atoms with E-state index in [1.54, 1.807) is 14.2 Å². The van der Waals surface area contributed by atoms with Crippen LogP contribution in [0.2, 0.25) is 0 Å². The standard InChI is InChI=1S/C14H20BrNO2/c1-4-5-6-7-16-10-11-8-12(15)14(18-3)13(9-11)17-2/h4-5,8-9,16H,6-7,10H2,1-3H3/b5-4+. The summed E-state index contributed by atoms with van der Waals surface area (Å²) in [5.74, 6) is 1.48. The van der Waals surface area contributed by atoms with Crippen LogP contribution < -0.4 is 14.8 Å². The Bertz CT molecular complexity index is 405. The van der Waals surface area contributed by atoms with E-state index in [1.807, 2.05) is 19.1 Å². The summed E-state index contributed by atoms with van der Waals surface area (Å²) >= 11 is 3.49. The fraction of sp³-hybridized carbons (Fsp3) is 0.429. The van der Waals surface area contributed by atoms with Gasteiger partial charge in [-0.2, -0.15) is 0 Å². The average molecular weight is 314 g/mol. The lowest BCUT2D eigenvalue weighted by atomic mass is 10.2. The molecule has 0 bridgehead atoms. The molecule has 1 N–H and O–H groups in total. The SMILES string of the molecule is C/C=C/CCNCc1cc(Br)c(OC)c(OC)c1. The highest BCUT2D eigenvalue weighted by Gasteiger charge is 2.09. The molecule has 0 aliphatic carbocycles. The molecule has 3 nitrogen and oxygen atoms in total. The van der Waals surface area contributed by atoms with Crippen LogP contribution in [0.3, 0.4) is 0 Å². The summed E-state index contributed by atoms with van der Waals surface area (Å²) in [5, 5.41) is 3.38. The van der Waals surface area contributed by atoms with Crippen molar-refractivity contribution in [1.82, 2.24) is 5.32 Å². The quantitative estimate of drug-likeness (QED) is 0.617. The predicted molar refractivity (Wildman–Crippen MR) is 78.4 cm³/mol. The Morgan fingerprint density at radius 2 is 2.06 bits per heavy atom. The zero-order valence-corrected chi connectivity index (χ0v) is 12.7. The first-order valence-electron chi connectivity index (χ1n) is 5.95. The van der Waals surface area contributed by atoms with Gasteiger partial charge in [0.2, 0.25) is 0 Å². The number of benzene rings is 1. The Morgan fingerprint density at radius 1 is 1.28 bits per heavy atom. The molecule has 0 heterocycles. The first-order chi connectivity index (χ1) is 8.72. The molecule has 18 heavy (non-hydrogen) atoms. The molecule has 1 aromatic carbocycles. The second kappa shape index (κ2) is 8.16. The van der Waals surface area contributed by atoms with Gasteiger partial charge in [0.1, 0.15) is 0 Å². The summed E-state index contributed by atoms with van der Waals surface area (Å²) < 4.78 is 11.5. The predicted octanol–water partition coefficient (Wildman–Crippen LogP) is 3.52. The molecule has 0 amide bonds. The van der Waals surface area contributed by atoms with Crippen LogP contribution in [0.15, 0.2) is 28.8 Å². The van der Waals surface area contributed by atoms with Crippen molar-refractivity contribution in [3.8, 4) is 11.5 Å². The minimum Gasteiger partial charge on any atom is -0.493 e. The first-order valence-corrected chi connectivity index (χ1v) is 6.74. The summed E-state index contributed by atoms with van der Waals surface area (Å²) in [6, 6.07) is 4.04. The van der Waals surface area contributed by atoms with Gasteiger partial charge in [-0.05, 0) is 53.5 Å². The molecule has 0 aliphatic heterocycles. The van der Waals surface area contributed by atoms with Crippen LogP contribution in [0.5, 0.6) is 11.5 Å². The van der Waals surface area contributed by atoms with Crippen molar-refractivity contribution in [2.75, 3.05) is 20.8 Å². The molecule has 0 saturated carbocycles. The lowest BCUT2D eigenvalue weighted by Gasteiger charge is -2.12. The first kappa shape index (κ1) is 15.1. The van der Waals surface area contributed by atoms with E-state index in [0.29, 0.717) is 0 Å². The van der Waals surface area contributed by atoms with Gasteiger partial charge in [-0.25, -0.2) is 0 Å². The van der Waals surface area contributed by atoms with E-state index in [-0.39, 0.29) is 0 Å². The number of hydrogen-bond donors (Lipinski definition) is 1. The molecule has 0 aromatic heterocycles. The molecule has 100 valence electrons. The van der Waals surface area contributed by atoms with Gasteiger partial charge in [0.05, 0.1) is 18.7 Å². The monoisotopic (exact) mass is 313 g/mol. The lowest BCUT2D eigenvalue weighted by molar-refractivity contribution is 0.352. The number of rotatable bonds is 7. The second-order valence-corrected chi connectivity index (χ2v) is 4.70. The largest absolute Gasteiger partial charge is 0.493 e. The molecule has 0 radical (unpaired) electrons. The van der Waals surface area contributed by atoms with Gasteiger partial charge in [0.15, 0.2) is 11.5 Å². The normalized spacial score (nSPS) is 10.9. The molecular formula is C14H20BrNO2. The molecule has 0 fully saturated rings. The van der Waals surface area contributed by atoms with Crippen molar-refractivity contribution in [1.29, 1.82) is 0 Å². The van der Waals surface area contributed by atoms with Crippen LogP contribution in [0.1, 0.15) is 18.9 Å². The van der Waals surface area contributed by atoms with Gasteiger partial charge in [0.25, 0.3) is 0 Å². The molecule has 1 rings (SSSR count). The number of ether oxygens (including phenoxy) is 2. The van der Waals surface area contributed by atoms with Crippen molar-refractivity contribution in [2.24, 2.45) is 0 Å². The van der Waals surface area contributed by atoms with Crippen LogP contribution in [-0.4, -0.2) is 20.8 Å². The topological polar surface area (TPSA) is 30.5 Å². The second-order valence-electron chi connectivity index (χ2n) is 3.85. The number of methoxy groups -OCH3 is 2. The van der Waals surface area contributed by atoms with Crippen molar-refractivity contribution in [3.05, 3.63) is 34.3 Å². The van der Waals surface area contributed by atoms with E-state index in [0.717, 1.165) is 35.5 Å². The summed E-state index contributed by atoms with van der Waals surface area (Å²) in [4.78, 5) is 0. The molecule has 0 atom stereocenters. The zero-order valence-electron chi connectivity index (χ0n) is 11.1. The fourth-order valence-electron chi connectivity index (χ4n) is 1.66. The summed E-state index contributed by atoms with van der Waals surface area (Å²) in [6.07, 6.45) is 5.26. The maximum Gasteiger partial charge on any atom is 0.174 e. The summed E-state index contributed by atoms with van der Waals surface area (Å²) in [5.41, 5.74) is 1.17. The maximum atomic E-state index is 5.31. The highest BCUT2D eigenvalue weighted by atomic mass is 79.9. The van der Waals surface area contributed by atoms with Crippen molar-refractivity contribution in [2.45, 2.75) is 19.9 Å². The molecule has 0 aliphatic rings. The minimum atomic E-state index is 0.732. The minimum absolute atomic E-state index is 0.732. The number of halogens is 1. The van der Waals surface area contributed by atoms with E-state index >= 15 is 0 Å². The average Bonchev–Trinajstić information content (AvgIpc) is 2.37. The van der Waals surface area contributed by atoms with E-state index in [9.17, 15) is 0 Å². The Morgan fingerprint density at radius 3 is 2.67 bits per heavy atom. The van der Waals surface area contributed by atoms with Gasteiger partial charge in [-0.15, -0.1) is 0 Å². The Balaban J connectivity index is 2.64. The summed E-state index contributed by atoms with van der Waals surface area (Å²) in [6.45, 7) is 3.82. The van der Waals surface area contributed by atoms with E-state index in [4.69, 9.17) is 9.47 Å². The van der Waals surface area contributed by atoms with Crippen LogP contribution >= 0.6 is 15.9 Å². The molecule has 4 heteroatoms. The highest BCUT2D eigenvalue weighted by molar-refractivity contribution is 9.10. The van der Waals surface area contributed by atoms with Crippen LogP contribution in [0.25, 0.3) is 0 Å². The van der Waals surface area contributed by atoms with Crippen molar-refractivity contribution < 1.29 is 9.47 Å². The van der Waals surface area contributed by atoms with Crippen LogP contribution in [0.4, 0.5) is 0 Å². The summed E-state index contributed by atoms with van der Waals surface area (Å²) in [7, 11) is 3.28. The molecule has 0 saturated heterocycles. The van der Waals surface area contributed by atoms with Gasteiger partial charge in [-0.3, -0.25) is 0 Å².